The SMILES string of the molecule is Cn1c(C(F)(F)F)cc(=O)n(-c2c(F)cc(Cl)c(CN)c2N)c1=O. The van der Waals surface area contributed by atoms with Gasteiger partial charge < -0.3 is 11.5 Å². The first-order valence-corrected chi connectivity index (χ1v) is 6.75. The van der Waals surface area contributed by atoms with Crippen LogP contribution in [0.2, 0.25) is 5.02 Å². The van der Waals surface area contributed by atoms with Crippen LogP contribution in [0, 0.1) is 5.82 Å². The Morgan fingerprint density at radius 3 is 2.33 bits per heavy atom. The van der Waals surface area contributed by atoms with Crippen LogP contribution in [0.5, 0.6) is 0 Å². The predicted molar refractivity (Wildman–Crippen MR) is 79.6 cm³/mol. The fourth-order valence-electron chi connectivity index (χ4n) is 2.21. The number of aromatic nitrogens is 2. The molecule has 1 heterocycles. The average molecular weight is 367 g/mol. The number of alkyl halides is 3. The van der Waals surface area contributed by atoms with E-state index in [4.69, 9.17) is 23.1 Å². The molecule has 11 heteroatoms. The van der Waals surface area contributed by atoms with Crippen molar-refractivity contribution in [3.05, 3.63) is 55.1 Å². The Labute approximate surface area is 136 Å². The molecule has 0 radical (unpaired) electrons. The maximum Gasteiger partial charge on any atom is 0.431 e. The Bertz CT molecular complexity index is 934. The minimum absolute atomic E-state index is 0.0573. The lowest BCUT2D eigenvalue weighted by Gasteiger charge is -2.17. The molecule has 0 atom stereocenters. The molecule has 0 saturated carbocycles. The Balaban J connectivity index is 2.94. The second-order valence-electron chi connectivity index (χ2n) is 4.83. The number of halogens is 5. The largest absolute Gasteiger partial charge is 0.431 e. The van der Waals surface area contributed by atoms with Crippen LogP contribution in [-0.2, 0) is 19.8 Å². The molecule has 0 fully saturated rings. The van der Waals surface area contributed by atoms with Crippen LogP contribution >= 0.6 is 11.6 Å². The van der Waals surface area contributed by atoms with E-state index in [9.17, 15) is 27.2 Å². The lowest BCUT2D eigenvalue weighted by Crippen LogP contribution is -2.41. The Morgan fingerprint density at radius 1 is 1.25 bits per heavy atom. The van der Waals surface area contributed by atoms with Crippen molar-refractivity contribution in [3.8, 4) is 5.69 Å². The quantitative estimate of drug-likeness (QED) is 0.620. The van der Waals surface area contributed by atoms with E-state index >= 15 is 0 Å². The third-order valence-corrected chi connectivity index (χ3v) is 3.72. The number of hydrogen-bond donors (Lipinski definition) is 2. The summed E-state index contributed by atoms with van der Waals surface area (Å²) in [7, 11) is 0.801. The van der Waals surface area contributed by atoms with Gasteiger partial charge in [0.25, 0.3) is 5.56 Å². The van der Waals surface area contributed by atoms with Gasteiger partial charge in [0.15, 0.2) is 5.82 Å². The molecular weight excluding hydrogens is 356 g/mol. The molecule has 4 N–H and O–H groups in total. The highest BCUT2D eigenvalue weighted by molar-refractivity contribution is 6.31. The lowest BCUT2D eigenvalue weighted by molar-refractivity contribution is -0.144. The van der Waals surface area contributed by atoms with Crippen LogP contribution in [-0.4, -0.2) is 9.13 Å². The second kappa shape index (κ2) is 5.95. The van der Waals surface area contributed by atoms with E-state index in [0.29, 0.717) is 0 Å². The molecule has 0 bridgehead atoms. The summed E-state index contributed by atoms with van der Waals surface area (Å²) < 4.78 is 53.1. The van der Waals surface area contributed by atoms with Gasteiger partial charge in [0.05, 0.1) is 10.7 Å². The Kier molecular flexibility index (Phi) is 4.46. The van der Waals surface area contributed by atoms with E-state index in [-0.39, 0.29) is 32.3 Å². The van der Waals surface area contributed by atoms with Crippen molar-refractivity contribution in [1.82, 2.24) is 9.13 Å². The summed E-state index contributed by atoms with van der Waals surface area (Å²) in [6, 6.07) is 0.954. The van der Waals surface area contributed by atoms with Gasteiger partial charge in [-0.2, -0.15) is 13.2 Å². The first-order valence-electron chi connectivity index (χ1n) is 6.37. The van der Waals surface area contributed by atoms with Crippen LogP contribution in [0.15, 0.2) is 21.7 Å². The smallest absolute Gasteiger partial charge is 0.397 e. The molecule has 0 aliphatic heterocycles. The van der Waals surface area contributed by atoms with Gasteiger partial charge in [-0.15, -0.1) is 0 Å². The molecule has 24 heavy (non-hydrogen) atoms. The summed E-state index contributed by atoms with van der Waals surface area (Å²) in [6.45, 7) is -0.229. The zero-order chi connectivity index (χ0) is 18.4. The van der Waals surface area contributed by atoms with Gasteiger partial charge in [-0.25, -0.2) is 13.8 Å². The highest BCUT2D eigenvalue weighted by atomic mass is 35.5. The second-order valence-corrected chi connectivity index (χ2v) is 5.23. The third kappa shape index (κ3) is 2.78. The molecule has 2 aromatic rings. The van der Waals surface area contributed by atoms with E-state index in [2.05, 4.69) is 0 Å². The van der Waals surface area contributed by atoms with Crippen LogP contribution in [0.4, 0.5) is 23.2 Å². The van der Waals surface area contributed by atoms with Gasteiger partial charge in [-0.05, 0) is 6.07 Å². The van der Waals surface area contributed by atoms with Gasteiger partial charge >= 0.3 is 11.9 Å². The third-order valence-electron chi connectivity index (χ3n) is 3.39. The first-order chi connectivity index (χ1) is 11.0. The number of rotatable bonds is 2. The standard InChI is InChI=1S/C13H11ClF4N4O2/c1-21-8(13(16,17)18)3-9(23)22(12(21)24)11-7(15)2-6(14)5(4-19)10(11)20/h2-3H,4,19-20H2,1H3. The van der Waals surface area contributed by atoms with Crippen molar-refractivity contribution >= 4 is 17.3 Å². The number of nitrogen functional groups attached to an aromatic ring is 1. The van der Waals surface area contributed by atoms with E-state index < -0.39 is 40.3 Å². The van der Waals surface area contributed by atoms with Crippen molar-refractivity contribution in [2.75, 3.05) is 5.73 Å². The molecule has 6 nitrogen and oxygen atoms in total. The summed E-state index contributed by atoms with van der Waals surface area (Å²) in [5.41, 5.74) is 5.82. The fraction of sp³-hybridized carbons (Fsp3) is 0.231. The molecule has 0 aliphatic rings. The van der Waals surface area contributed by atoms with E-state index in [0.717, 1.165) is 13.1 Å². The molecular formula is C13H11ClF4N4O2. The summed E-state index contributed by atoms with van der Waals surface area (Å²) in [4.78, 5) is 24.2. The molecule has 0 unspecified atom stereocenters. The van der Waals surface area contributed by atoms with Gasteiger partial charge in [-0.3, -0.25) is 9.36 Å². The van der Waals surface area contributed by atoms with Crippen LogP contribution in [0.1, 0.15) is 11.3 Å². The maximum atomic E-state index is 14.2. The van der Waals surface area contributed by atoms with Crippen LogP contribution in [0.25, 0.3) is 5.69 Å². The first kappa shape index (κ1) is 18.0. The number of benzene rings is 1. The molecule has 0 saturated heterocycles. The Morgan fingerprint density at radius 2 is 1.83 bits per heavy atom. The number of hydrogen-bond acceptors (Lipinski definition) is 4. The van der Waals surface area contributed by atoms with Gasteiger partial charge in [0, 0.05) is 25.2 Å². The highest BCUT2D eigenvalue weighted by Crippen LogP contribution is 2.31. The van der Waals surface area contributed by atoms with E-state index in [1.54, 1.807) is 0 Å². The number of anilines is 1. The maximum absolute atomic E-state index is 14.2. The topological polar surface area (TPSA) is 96.0 Å². The molecule has 130 valence electrons. The fourth-order valence-corrected chi connectivity index (χ4v) is 2.48. The molecule has 0 amide bonds. The summed E-state index contributed by atoms with van der Waals surface area (Å²) in [5.74, 6) is -1.14. The van der Waals surface area contributed by atoms with Gasteiger partial charge in [0.1, 0.15) is 11.4 Å². The number of nitrogens with two attached hydrogens (primary N) is 2. The highest BCUT2D eigenvalue weighted by Gasteiger charge is 2.35. The minimum atomic E-state index is -4.93. The molecule has 1 aromatic heterocycles. The molecule has 0 spiro atoms. The van der Waals surface area contributed by atoms with Crippen molar-refractivity contribution in [2.45, 2.75) is 12.7 Å². The van der Waals surface area contributed by atoms with Crippen LogP contribution < -0.4 is 22.7 Å². The molecule has 0 aliphatic carbocycles. The Hall–Kier alpha value is -2.33. The summed E-state index contributed by atoms with van der Waals surface area (Å²) in [6.07, 6.45) is -4.93. The molecule has 1 aromatic carbocycles. The lowest BCUT2D eigenvalue weighted by atomic mass is 10.1. The summed E-state index contributed by atoms with van der Waals surface area (Å²) in [5, 5.41) is -0.131. The van der Waals surface area contributed by atoms with Crippen molar-refractivity contribution in [2.24, 2.45) is 12.8 Å². The van der Waals surface area contributed by atoms with Gasteiger partial charge in [0.2, 0.25) is 0 Å². The monoisotopic (exact) mass is 366 g/mol. The predicted octanol–water partition coefficient (Wildman–Crippen LogP) is 1.39. The van der Waals surface area contributed by atoms with Crippen molar-refractivity contribution in [1.29, 1.82) is 0 Å². The van der Waals surface area contributed by atoms with Crippen molar-refractivity contribution in [3.63, 3.8) is 0 Å². The zero-order valence-corrected chi connectivity index (χ0v) is 12.9. The van der Waals surface area contributed by atoms with E-state index in [1.165, 1.54) is 0 Å². The zero-order valence-electron chi connectivity index (χ0n) is 12.1. The van der Waals surface area contributed by atoms with Crippen molar-refractivity contribution < 1.29 is 17.6 Å². The normalized spacial score (nSPS) is 11.8. The van der Waals surface area contributed by atoms with E-state index in [1.807, 2.05) is 0 Å². The number of nitrogens with zero attached hydrogens (tertiary/aromatic N) is 2. The summed E-state index contributed by atoms with van der Waals surface area (Å²) >= 11 is 5.77. The van der Waals surface area contributed by atoms with Gasteiger partial charge in [-0.1, -0.05) is 11.6 Å². The molecule has 2 rings (SSSR count). The van der Waals surface area contributed by atoms with Crippen LogP contribution in [0.3, 0.4) is 0 Å². The average Bonchev–Trinajstić information content (AvgIpc) is 2.45. The minimum Gasteiger partial charge on any atom is -0.397 e.